The summed E-state index contributed by atoms with van der Waals surface area (Å²) in [7, 11) is 0. The van der Waals surface area contributed by atoms with E-state index in [1.54, 1.807) is 0 Å². The van der Waals surface area contributed by atoms with Crippen LogP contribution in [0.5, 0.6) is 0 Å². The zero-order chi connectivity index (χ0) is 18.7. The van der Waals surface area contributed by atoms with Gasteiger partial charge in [0.2, 0.25) is 0 Å². The Morgan fingerprint density at radius 2 is 1.44 bits per heavy atom. The highest BCUT2D eigenvalue weighted by atomic mass is 16.2. The molecule has 0 unspecified atom stereocenters. The van der Waals surface area contributed by atoms with Crippen LogP contribution in [0.15, 0.2) is 6.07 Å². The molecule has 0 aliphatic carbocycles. The van der Waals surface area contributed by atoms with Crippen molar-refractivity contribution in [1.82, 2.24) is 15.1 Å². The minimum atomic E-state index is -0.0388. The average molecular weight is 345 g/mol. The number of rotatable bonds is 2. The topological polar surface area (TPSA) is 52.7 Å². The van der Waals surface area contributed by atoms with E-state index in [2.05, 4.69) is 25.2 Å². The SMILES string of the molecule is Cc1cc(C)c(C)c(C(=O)N2CCCN(C(=O)NC(C)C)CC2)c1C. The summed E-state index contributed by atoms with van der Waals surface area (Å²) in [5, 5.41) is 2.93. The maximum absolute atomic E-state index is 13.2. The standard InChI is InChI=1S/C20H31N3O2/c1-13(2)21-20(25)23-9-7-8-22(10-11-23)19(24)18-16(5)14(3)12-15(4)17(18)6/h12-13H,7-11H2,1-6H3,(H,21,25). The summed E-state index contributed by atoms with van der Waals surface area (Å²) in [6.45, 7) is 14.6. The monoisotopic (exact) mass is 345 g/mol. The van der Waals surface area contributed by atoms with Crippen molar-refractivity contribution in [1.29, 1.82) is 0 Å². The van der Waals surface area contributed by atoms with Crippen molar-refractivity contribution in [3.8, 4) is 0 Å². The van der Waals surface area contributed by atoms with Gasteiger partial charge in [-0.15, -0.1) is 0 Å². The lowest BCUT2D eigenvalue weighted by Crippen LogP contribution is -2.45. The quantitative estimate of drug-likeness (QED) is 0.895. The van der Waals surface area contributed by atoms with Crippen molar-refractivity contribution in [2.75, 3.05) is 26.2 Å². The molecule has 1 saturated heterocycles. The van der Waals surface area contributed by atoms with Crippen LogP contribution in [-0.2, 0) is 0 Å². The van der Waals surface area contributed by atoms with Gasteiger partial charge in [0.15, 0.2) is 0 Å². The molecule has 2 rings (SSSR count). The van der Waals surface area contributed by atoms with Crippen LogP contribution in [0.25, 0.3) is 0 Å². The van der Waals surface area contributed by atoms with Gasteiger partial charge in [0, 0.05) is 37.8 Å². The molecule has 1 aliphatic heterocycles. The van der Waals surface area contributed by atoms with Gasteiger partial charge >= 0.3 is 6.03 Å². The average Bonchev–Trinajstić information content (AvgIpc) is 2.78. The summed E-state index contributed by atoms with van der Waals surface area (Å²) in [5.41, 5.74) is 5.26. The van der Waals surface area contributed by atoms with Crippen LogP contribution in [-0.4, -0.2) is 54.0 Å². The fraction of sp³-hybridized carbons (Fsp3) is 0.600. The number of nitrogens with zero attached hydrogens (tertiary/aromatic N) is 2. The highest BCUT2D eigenvalue weighted by Crippen LogP contribution is 2.23. The first-order valence-electron chi connectivity index (χ1n) is 9.14. The lowest BCUT2D eigenvalue weighted by molar-refractivity contribution is 0.0760. The Bertz CT molecular complexity index is 641. The van der Waals surface area contributed by atoms with E-state index in [-0.39, 0.29) is 18.0 Å². The molecule has 0 spiro atoms. The van der Waals surface area contributed by atoms with Gasteiger partial charge in [-0.2, -0.15) is 0 Å². The molecule has 138 valence electrons. The second-order valence-corrected chi connectivity index (χ2v) is 7.37. The van der Waals surface area contributed by atoms with Crippen molar-refractivity contribution in [2.45, 2.75) is 54.0 Å². The molecule has 0 aromatic heterocycles. The Hall–Kier alpha value is -2.04. The fourth-order valence-electron chi connectivity index (χ4n) is 3.36. The molecule has 0 saturated carbocycles. The molecule has 0 atom stereocenters. The third-order valence-corrected chi connectivity index (χ3v) is 5.06. The van der Waals surface area contributed by atoms with E-state index in [1.807, 2.05) is 37.5 Å². The third-order valence-electron chi connectivity index (χ3n) is 5.06. The van der Waals surface area contributed by atoms with Crippen LogP contribution in [0.1, 0.15) is 52.9 Å². The summed E-state index contributed by atoms with van der Waals surface area (Å²) < 4.78 is 0. The first-order valence-corrected chi connectivity index (χ1v) is 9.14. The predicted molar refractivity (Wildman–Crippen MR) is 101 cm³/mol. The lowest BCUT2D eigenvalue weighted by atomic mass is 9.93. The maximum Gasteiger partial charge on any atom is 0.317 e. The molecular formula is C20H31N3O2. The first kappa shape index (κ1) is 19.3. The molecule has 0 bridgehead atoms. The zero-order valence-electron chi connectivity index (χ0n) is 16.4. The van der Waals surface area contributed by atoms with Gasteiger partial charge in [-0.3, -0.25) is 4.79 Å². The van der Waals surface area contributed by atoms with Gasteiger partial charge in [-0.05, 0) is 70.2 Å². The Labute approximate surface area is 151 Å². The van der Waals surface area contributed by atoms with Crippen LogP contribution >= 0.6 is 0 Å². The van der Waals surface area contributed by atoms with E-state index < -0.39 is 0 Å². The molecule has 1 fully saturated rings. The molecule has 1 aliphatic rings. The number of hydrogen-bond donors (Lipinski definition) is 1. The van der Waals surface area contributed by atoms with E-state index in [0.717, 1.165) is 34.2 Å². The van der Waals surface area contributed by atoms with Crippen LogP contribution < -0.4 is 5.32 Å². The van der Waals surface area contributed by atoms with Crippen molar-refractivity contribution in [3.63, 3.8) is 0 Å². The Morgan fingerprint density at radius 1 is 0.920 bits per heavy atom. The minimum absolute atomic E-state index is 0.0388. The van der Waals surface area contributed by atoms with E-state index in [1.165, 1.54) is 0 Å². The summed E-state index contributed by atoms with van der Waals surface area (Å²) >= 11 is 0. The summed E-state index contributed by atoms with van der Waals surface area (Å²) in [5.74, 6) is 0.0907. The van der Waals surface area contributed by atoms with Gasteiger partial charge in [-0.25, -0.2) is 4.79 Å². The van der Waals surface area contributed by atoms with Crippen LogP contribution in [0.4, 0.5) is 4.79 Å². The highest BCUT2D eigenvalue weighted by molar-refractivity contribution is 5.97. The molecule has 3 amide bonds. The molecule has 1 aromatic rings. The number of carbonyl (C=O) groups is 2. The van der Waals surface area contributed by atoms with Crippen LogP contribution in [0, 0.1) is 27.7 Å². The molecule has 1 N–H and O–H groups in total. The number of hydrogen-bond acceptors (Lipinski definition) is 2. The maximum atomic E-state index is 13.2. The zero-order valence-corrected chi connectivity index (χ0v) is 16.4. The number of aryl methyl sites for hydroxylation is 2. The van der Waals surface area contributed by atoms with Gasteiger partial charge in [-0.1, -0.05) is 6.07 Å². The smallest absolute Gasteiger partial charge is 0.317 e. The number of benzene rings is 1. The summed E-state index contributed by atoms with van der Waals surface area (Å²) in [6, 6.07) is 2.22. The van der Waals surface area contributed by atoms with E-state index in [9.17, 15) is 9.59 Å². The number of urea groups is 1. The first-order chi connectivity index (χ1) is 11.7. The van der Waals surface area contributed by atoms with Crippen molar-refractivity contribution >= 4 is 11.9 Å². The molecule has 5 heteroatoms. The summed E-state index contributed by atoms with van der Waals surface area (Å²) in [6.07, 6.45) is 0.806. The number of amides is 3. The molecule has 5 nitrogen and oxygen atoms in total. The predicted octanol–water partition coefficient (Wildman–Crippen LogP) is 3.19. The molecular weight excluding hydrogens is 314 g/mol. The molecule has 25 heavy (non-hydrogen) atoms. The van der Waals surface area contributed by atoms with E-state index in [4.69, 9.17) is 0 Å². The van der Waals surface area contributed by atoms with Crippen molar-refractivity contribution in [2.24, 2.45) is 0 Å². The summed E-state index contributed by atoms with van der Waals surface area (Å²) in [4.78, 5) is 29.1. The second kappa shape index (κ2) is 7.89. The van der Waals surface area contributed by atoms with E-state index in [0.29, 0.717) is 26.2 Å². The van der Waals surface area contributed by atoms with Gasteiger partial charge in [0.25, 0.3) is 5.91 Å². The number of carbonyl (C=O) groups excluding carboxylic acids is 2. The molecule has 1 aromatic carbocycles. The van der Waals surface area contributed by atoms with Crippen LogP contribution in [0.3, 0.4) is 0 Å². The third kappa shape index (κ3) is 4.33. The Kier molecular flexibility index (Phi) is 6.09. The van der Waals surface area contributed by atoms with Gasteiger partial charge < -0.3 is 15.1 Å². The van der Waals surface area contributed by atoms with Crippen LogP contribution in [0.2, 0.25) is 0 Å². The van der Waals surface area contributed by atoms with Crippen molar-refractivity contribution < 1.29 is 9.59 Å². The van der Waals surface area contributed by atoms with Gasteiger partial charge in [0.05, 0.1) is 0 Å². The second-order valence-electron chi connectivity index (χ2n) is 7.37. The molecule has 1 heterocycles. The molecule has 0 radical (unpaired) electrons. The Morgan fingerprint density at radius 3 is 2.00 bits per heavy atom. The number of nitrogens with one attached hydrogen (secondary N) is 1. The van der Waals surface area contributed by atoms with E-state index >= 15 is 0 Å². The Balaban J connectivity index is 2.16. The highest BCUT2D eigenvalue weighted by Gasteiger charge is 2.25. The fourth-order valence-corrected chi connectivity index (χ4v) is 3.36. The normalized spacial score (nSPS) is 15.3. The van der Waals surface area contributed by atoms with Gasteiger partial charge in [0.1, 0.15) is 0 Å². The van der Waals surface area contributed by atoms with Crippen molar-refractivity contribution in [3.05, 3.63) is 33.9 Å². The largest absolute Gasteiger partial charge is 0.337 e. The minimum Gasteiger partial charge on any atom is -0.337 e. The lowest BCUT2D eigenvalue weighted by Gasteiger charge is -2.25.